The molecule has 34 heavy (non-hydrogen) atoms. The number of rotatable bonds is 6. The van der Waals surface area contributed by atoms with Crippen LogP contribution in [-0.4, -0.2) is 59.3 Å². The smallest absolute Gasteiger partial charge is 0.322 e. The van der Waals surface area contributed by atoms with E-state index in [1.165, 1.54) is 5.56 Å². The molecule has 1 saturated heterocycles. The van der Waals surface area contributed by atoms with Crippen LogP contribution in [-0.2, 0) is 0 Å². The number of hydrogen-bond acceptors (Lipinski definition) is 4. The monoisotopic (exact) mass is 592 g/mol. The van der Waals surface area contributed by atoms with Crippen molar-refractivity contribution in [3.8, 4) is 6.07 Å². The third-order valence-electron chi connectivity index (χ3n) is 6.90. The van der Waals surface area contributed by atoms with Gasteiger partial charge in [0, 0.05) is 46.5 Å². The molecule has 180 valence electrons. The van der Waals surface area contributed by atoms with E-state index < -0.39 is 0 Å². The number of aliphatic hydroxyl groups excluding tert-OH is 1. The maximum absolute atomic E-state index is 13.4. The number of β-amino-alcohol motifs (C(OH)–C–C–N with tert-alkyl or cyclic N) is 1. The molecule has 0 unspecified atom stereocenters. The highest BCUT2D eigenvalue weighted by atomic mass is 127. The number of halogens is 2. The molecule has 0 spiro atoms. The van der Waals surface area contributed by atoms with Crippen LogP contribution >= 0.6 is 34.2 Å². The molecule has 2 aromatic rings. The van der Waals surface area contributed by atoms with Gasteiger partial charge in [-0.15, -0.1) is 0 Å². The molecular formula is C26H30ClIN4O2. The number of nitrogens with zero attached hydrogens (tertiary/aromatic N) is 3. The van der Waals surface area contributed by atoms with Crippen LogP contribution in [0.1, 0.15) is 49.1 Å². The van der Waals surface area contributed by atoms with Gasteiger partial charge in [-0.3, -0.25) is 4.90 Å². The fourth-order valence-electron chi connectivity index (χ4n) is 5.12. The first-order chi connectivity index (χ1) is 16.4. The number of likely N-dealkylation sites (tertiary alicyclic amines) is 1. The van der Waals surface area contributed by atoms with Crippen LogP contribution in [0.15, 0.2) is 42.5 Å². The number of hydrogen-bond donors (Lipinski definition) is 2. The number of carbonyl (C=O) groups is 1. The lowest BCUT2D eigenvalue weighted by atomic mass is 9.81. The van der Waals surface area contributed by atoms with Gasteiger partial charge in [0.05, 0.1) is 17.7 Å². The van der Waals surface area contributed by atoms with Crippen molar-refractivity contribution in [3.63, 3.8) is 0 Å². The molecule has 2 fully saturated rings. The highest BCUT2D eigenvalue weighted by molar-refractivity contribution is 14.1. The Labute approximate surface area is 220 Å². The topological polar surface area (TPSA) is 79.6 Å². The van der Waals surface area contributed by atoms with E-state index in [-0.39, 0.29) is 18.2 Å². The quantitative estimate of drug-likeness (QED) is 0.438. The molecule has 0 aromatic heterocycles. The summed E-state index contributed by atoms with van der Waals surface area (Å²) in [5.41, 5.74) is 2.61. The standard InChI is InChI=1S/C26H30ClIN4O2/c27-21-13-22(28)15-23(14-21)30-26(34)32(11-10-31-9-8-25(33)17-31)24-6-4-19(5-7-24)20-3-1-2-18(12-20)16-29/h1-3,12-15,19,24-25,33H,4-11,17H2,(H,30,34)/t19?,24?,25-/m1/s1. The average Bonchev–Trinajstić information content (AvgIpc) is 3.24. The van der Waals surface area contributed by atoms with E-state index in [1.807, 2.05) is 35.2 Å². The first-order valence-corrected chi connectivity index (χ1v) is 13.3. The van der Waals surface area contributed by atoms with Crippen molar-refractivity contribution in [2.75, 3.05) is 31.5 Å². The first-order valence-electron chi connectivity index (χ1n) is 11.9. The molecule has 1 saturated carbocycles. The fraction of sp³-hybridized carbons (Fsp3) is 0.462. The summed E-state index contributed by atoms with van der Waals surface area (Å²) in [6.07, 6.45) is 4.34. The van der Waals surface area contributed by atoms with Crippen LogP contribution in [0.2, 0.25) is 5.02 Å². The van der Waals surface area contributed by atoms with Crippen LogP contribution < -0.4 is 5.32 Å². The fourth-order valence-corrected chi connectivity index (χ4v) is 6.21. The van der Waals surface area contributed by atoms with Gasteiger partial charge in [-0.2, -0.15) is 5.26 Å². The maximum Gasteiger partial charge on any atom is 0.322 e. The number of amides is 2. The van der Waals surface area contributed by atoms with Gasteiger partial charge in [-0.05, 0) is 96.5 Å². The van der Waals surface area contributed by atoms with E-state index >= 15 is 0 Å². The van der Waals surface area contributed by atoms with Crippen molar-refractivity contribution in [1.29, 1.82) is 5.26 Å². The Kier molecular flexibility index (Phi) is 8.70. The van der Waals surface area contributed by atoms with Crippen LogP contribution in [0.5, 0.6) is 0 Å². The normalized spacial score (nSPS) is 22.8. The number of nitrogens with one attached hydrogen (secondary N) is 1. The Morgan fingerprint density at radius 3 is 2.68 bits per heavy atom. The Morgan fingerprint density at radius 1 is 1.21 bits per heavy atom. The van der Waals surface area contributed by atoms with Gasteiger partial charge in [0.15, 0.2) is 0 Å². The van der Waals surface area contributed by atoms with Crippen LogP contribution in [0, 0.1) is 14.9 Å². The lowest BCUT2D eigenvalue weighted by Crippen LogP contribution is -2.47. The molecule has 8 heteroatoms. The van der Waals surface area contributed by atoms with Gasteiger partial charge in [0.1, 0.15) is 0 Å². The van der Waals surface area contributed by atoms with E-state index in [9.17, 15) is 15.2 Å². The number of benzene rings is 2. The lowest BCUT2D eigenvalue weighted by molar-refractivity contribution is 0.143. The van der Waals surface area contributed by atoms with Gasteiger partial charge in [0.2, 0.25) is 0 Å². The maximum atomic E-state index is 13.4. The third kappa shape index (κ3) is 6.63. The molecule has 2 aliphatic rings. The van der Waals surface area contributed by atoms with Crippen LogP contribution in [0.3, 0.4) is 0 Å². The minimum atomic E-state index is -0.268. The SMILES string of the molecule is N#Cc1cccc(C2CCC(N(CCN3CC[C@@H](O)C3)C(=O)Nc3cc(Cl)cc(I)c3)CC2)c1. The Hall–Kier alpha value is -1.86. The number of carbonyl (C=O) groups excluding carboxylic acids is 1. The van der Waals surface area contributed by atoms with Gasteiger partial charge < -0.3 is 15.3 Å². The minimum absolute atomic E-state index is 0.104. The minimum Gasteiger partial charge on any atom is -0.392 e. The van der Waals surface area contributed by atoms with E-state index in [4.69, 9.17) is 11.6 Å². The van der Waals surface area contributed by atoms with Crippen molar-refractivity contribution in [1.82, 2.24) is 9.80 Å². The molecule has 2 aromatic carbocycles. The highest BCUT2D eigenvalue weighted by Crippen LogP contribution is 2.35. The molecule has 1 aliphatic heterocycles. The number of aliphatic hydroxyl groups is 1. The van der Waals surface area contributed by atoms with Crippen LogP contribution in [0.4, 0.5) is 10.5 Å². The average molecular weight is 593 g/mol. The number of urea groups is 1. The zero-order chi connectivity index (χ0) is 24.1. The summed E-state index contributed by atoms with van der Waals surface area (Å²) in [6, 6.07) is 15.7. The van der Waals surface area contributed by atoms with Crippen molar-refractivity contribution in [2.24, 2.45) is 0 Å². The summed E-state index contributed by atoms with van der Waals surface area (Å²) in [4.78, 5) is 17.6. The molecule has 4 rings (SSSR count). The summed E-state index contributed by atoms with van der Waals surface area (Å²) in [5.74, 6) is 0.415. The molecule has 2 N–H and O–H groups in total. The molecule has 2 amide bonds. The van der Waals surface area contributed by atoms with Gasteiger partial charge in [-0.25, -0.2) is 4.79 Å². The molecule has 1 atom stereocenters. The lowest BCUT2D eigenvalue weighted by Gasteiger charge is -2.38. The first kappa shape index (κ1) is 25.2. The summed E-state index contributed by atoms with van der Waals surface area (Å²) in [7, 11) is 0. The Bertz CT molecular complexity index is 1030. The molecule has 6 nitrogen and oxygen atoms in total. The van der Waals surface area contributed by atoms with Crippen molar-refractivity contribution in [2.45, 2.75) is 50.2 Å². The van der Waals surface area contributed by atoms with Crippen LogP contribution in [0.25, 0.3) is 0 Å². The predicted octanol–water partition coefficient (Wildman–Crippen LogP) is 5.44. The van der Waals surface area contributed by atoms with E-state index in [0.29, 0.717) is 35.3 Å². The van der Waals surface area contributed by atoms with E-state index in [0.717, 1.165) is 48.8 Å². The predicted molar refractivity (Wildman–Crippen MR) is 143 cm³/mol. The Morgan fingerprint density at radius 2 is 2.00 bits per heavy atom. The van der Waals surface area contributed by atoms with Crippen molar-refractivity contribution >= 4 is 45.9 Å². The van der Waals surface area contributed by atoms with Crippen molar-refractivity contribution in [3.05, 3.63) is 62.2 Å². The third-order valence-corrected chi connectivity index (χ3v) is 7.74. The molecule has 0 radical (unpaired) electrons. The molecule has 1 heterocycles. The molecule has 0 bridgehead atoms. The van der Waals surface area contributed by atoms with E-state index in [1.54, 1.807) is 6.07 Å². The summed E-state index contributed by atoms with van der Waals surface area (Å²) in [5, 5.41) is 22.8. The summed E-state index contributed by atoms with van der Waals surface area (Å²) < 4.78 is 0.970. The molecular weight excluding hydrogens is 563 g/mol. The second-order valence-electron chi connectivity index (χ2n) is 9.27. The Balaban J connectivity index is 1.43. The van der Waals surface area contributed by atoms with E-state index in [2.05, 4.69) is 44.9 Å². The van der Waals surface area contributed by atoms with Gasteiger partial charge >= 0.3 is 6.03 Å². The highest BCUT2D eigenvalue weighted by Gasteiger charge is 2.31. The number of nitriles is 1. The van der Waals surface area contributed by atoms with Gasteiger partial charge in [0.25, 0.3) is 0 Å². The number of anilines is 1. The zero-order valence-electron chi connectivity index (χ0n) is 19.1. The largest absolute Gasteiger partial charge is 0.392 e. The second-order valence-corrected chi connectivity index (χ2v) is 10.9. The zero-order valence-corrected chi connectivity index (χ0v) is 22.0. The summed E-state index contributed by atoms with van der Waals surface area (Å²) in [6.45, 7) is 2.91. The summed E-state index contributed by atoms with van der Waals surface area (Å²) >= 11 is 8.39. The molecule has 1 aliphatic carbocycles. The van der Waals surface area contributed by atoms with Gasteiger partial charge in [-0.1, -0.05) is 23.7 Å². The second kappa shape index (κ2) is 11.7. The van der Waals surface area contributed by atoms with Crippen molar-refractivity contribution < 1.29 is 9.90 Å².